The highest BCUT2D eigenvalue weighted by Crippen LogP contribution is 2.24. The number of rotatable bonds is 2. The summed E-state index contributed by atoms with van der Waals surface area (Å²) < 4.78 is 0. The third-order valence-corrected chi connectivity index (χ3v) is 3.41. The maximum absolute atomic E-state index is 5.99. The summed E-state index contributed by atoms with van der Waals surface area (Å²) in [5.74, 6) is 0.740. The minimum Gasteiger partial charge on any atom is -0.309 e. The lowest BCUT2D eigenvalue weighted by molar-refractivity contribution is 0.626. The summed E-state index contributed by atoms with van der Waals surface area (Å²) >= 11 is 5.99. The molecule has 1 fully saturated rings. The number of nitrogens with zero attached hydrogens (tertiary/aromatic N) is 2. The SMILES string of the molecule is Clc1cccc(-c2nccc([C@H]3CCCN3)n2)c1. The Labute approximate surface area is 111 Å². The van der Waals surface area contributed by atoms with Gasteiger partial charge in [0.15, 0.2) is 5.82 Å². The van der Waals surface area contributed by atoms with Crippen LogP contribution in [0.1, 0.15) is 24.6 Å². The Morgan fingerprint density at radius 3 is 3.00 bits per heavy atom. The van der Waals surface area contributed by atoms with Gasteiger partial charge in [0.25, 0.3) is 0 Å². The molecule has 3 rings (SSSR count). The maximum Gasteiger partial charge on any atom is 0.159 e. The topological polar surface area (TPSA) is 37.8 Å². The molecule has 3 nitrogen and oxygen atoms in total. The molecule has 18 heavy (non-hydrogen) atoms. The molecule has 0 spiro atoms. The van der Waals surface area contributed by atoms with Crippen LogP contribution < -0.4 is 5.32 Å². The lowest BCUT2D eigenvalue weighted by Gasteiger charge is -2.10. The van der Waals surface area contributed by atoms with E-state index in [1.165, 1.54) is 6.42 Å². The molecule has 1 atom stereocenters. The van der Waals surface area contributed by atoms with Crippen molar-refractivity contribution in [2.45, 2.75) is 18.9 Å². The standard InChI is InChI=1S/C14H14ClN3/c15-11-4-1-3-10(9-11)14-17-8-6-13(18-14)12-5-2-7-16-12/h1,3-4,6,8-9,12,16H,2,5,7H2/t12-/m1/s1. The van der Waals surface area contributed by atoms with Crippen molar-refractivity contribution >= 4 is 11.6 Å². The lowest BCUT2D eigenvalue weighted by Crippen LogP contribution is -2.14. The van der Waals surface area contributed by atoms with E-state index in [1.54, 1.807) is 0 Å². The molecule has 0 aliphatic carbocycles. The normalized spacial score (nSPS) is 19.1. The third kappa shape index (κ3) is 2.37. The molecule has 2 aromatic rings. The van der Waals surface area contributed by atoms with Gasteiger partial charge in [-0.2, -0.15) is 0 Å². The van der Waals surface area contributed by atoms with Crippen LogP contribution in [0.5, 0.6) is 0 Å². The minimum absolute atomic E-state index is 0.367. The van der Waals surface area contributed by atoms with Crippen molar-refractivity contribution in [2.75, 3.05) is 6.54 Å². The van der Waals surface area contributed by atoms with Gasteiger partial charge in [-0.15, -0.1) is 0 Å². The van der Waals surface area contributed by atoms with Gasteiger partial charge in [0, 0.05) is 22.8 Å². The average Bonchev–Trinajstić information content (AvgIpc) is 2.93. The Kier molecular flexibility index (Phi) is 3.26. The van der Waals surface area contributed by atoms with Crippen molar-refractivity contribution in [1.29, 1.82) is 0 Å². The number of hydrogen-bond donors (Lipinski definition) is 1. The number of benzene rings is 1. The average molecular weight is 260 g/mol. The summed E-state index contributed by atoms with van der Waals surface area (Å²) in [6, 6.07) is 9.99. The van der Waals surface area contributed by atoms with E-state index < -0.39 is 0 Å². The zero-order chi connectivity index (χ0) is 12.4. The second kappa shape index (κ2) is 5.04. The molecule has 1 N–H and O–H groups in total. The molecular formula is C14H14ClN3. The molecule has 0 radical (unpaired) electrons. The minimum atomic E-state index is 0.367. The summed E-state index contributed by atoms with van der Waals surface area (Å²) in [6.45, 7) is 1.07. The Bertz CT molecular complexity index is 550. The van der Waals surface area contributed by atoms with Crippen molar-refractivity contribution < 1.29 is 0 Å². The van der Waals surface area contributed by atoms with Gasteiger partial charge in [0.1, 0.15) is 0 Å². The van der Waals surface area contributed by atoms with Crippen molar-refractivity contribution in [3.63, 3.8) is 0 Å². The van der Waals surface area contributed by atoms with Crippen LogP contribution in [-0.4, -0.2) is 16.5 Å². The van der Waals surface area contributed by atoms with E-state index in [1.807, 2.05) is 36.5 Å². The Balaban J connectivity index is 1.95. The van der Waals surface area contributed by atoms with Crippen LogP contribution in [0.25, 0.3) is 11.4 Å². The first-order chi connectivity index (χ1) is 8.83. The van der Waals surface area contributed by atoms with Gasteiger partial charge in [0.05, 0.1) is 5.69 Å². The number of aromatic nitrogens is 2. The zero-order valence-electron chi connectivity index (χ0n) is 9.94. The highest BCUT2D eigenvalue weighted by molar-refractivity contribution is 6.30. The second-order valence-electron chi connectivity index (χ2n) is 4.46. The summed E-state index contributed by atoms with van der Waals surface area (Å²) in [6.07, 6.45) is 4.17. The first kappa shape index (κ1) is 11.6. The quantitative estimate of drug-likeness (QED) is 0.900. The van der Waals surface area contributed by atoms with Gasteiger partial charge in [-0.25, -0.2) is 9.97 Å². The molecule has 92 valence electrons. The summed E-state index contributed by atoms with van der Waals surface area (Å²) in [5.41, 5.74) is 2.03. The van der Waals surface area contributed by atoms with E-state index in [9.17, 15) is 0 Å². The first-order valence-electron chi connectivity index (χ1n) is 6.15. The zero-order valence-corrected chi connectivity index (χ0v) is 10.7. The predicted molar refractivity (Wildman–Crippen MR) is 72.5 cm³/mol. The van der Waals surface area contributed by atoms with Gasteiger partial charge in [-0.05, 0) is 37.6 Å². The Morgan fingerprint density at radius 2 is 2.22 bits per heavy atom. The molecule has 0 amide bonds. The van der Waals surface area contributed by atoms with E-state index in [2.05, 4.69) is 15.3 Å². The van der Waals surface area contributed by atoms with Crippen LogP contribution in [0.3, 0.4) is 0 Å². The summed E-state index contributed by atoms with van der Waals surface area (Å²) in [5, 5.41) is 4.16. The molecule has 1 aliphatic rings. The number of halogens is 1. The first-order valence-corrected chi connectivity index (χ1v) is 6.53. The van der Waals surface area contributed by atoms with Crippen LogP contribution in [0.15, 0.2) is 36.5 Å². The monoisotopic (exact) mass is 259 g/mol. The van der Waals surface area contributed by atoms with E-state index in [0.717, 1.165) is 30.0 Å². The maximum atomic E-state index is 5.99. The van der Waals surface area contributed by atoms with Crippen molar-refractivity contribution in [1.82, 2.24) is 15.3 Å². The van der Waals surface area contributed by atoms with Gasteiger partial charge in [-0.3, -0.25) is 0 Å². The Hall–Kier alpha value is -1.45. The summed E-state index contributed by atoms with van der Waals surface area (Å²) in [7, 11) is 0. The van der Waals surface area contributed by atoms with Crippen LogP contribution >= 0.6 is 11.6 Å². The van der Waals surface area contributed by atoms with Crippen LogP contribution in [-0.2, 0) is 0 Å². The van der Waals surface area contributed by atoms with Crippen LogP contribution in [0, 0.1) is 0 Å². The second-order valence-corrected chi connectivity index (χ2v) is 4.90. The molecule has 0 bridgehead atoms. The van der Waals surface area contributed by atoms with Crippen molar-refractivity contribution in [3.8, 4) is 11.4 Å². The predicted octanol–water partition coefficient (Wildman–Crippen LogP) is 3.22. The highest BCUT2D eigenvalue weighted by Gasteiger charge is 2.18. The highest BCUT2D eigenvalue weighted by atomic mass is 35.5. The van der Waals surface area contributed by atoms with E-state index in [-0.39, 0.29) is 0 Å². The van der Waals surface area contributed by atoms with Crippen molar-refractivity contribution in [3.05, 3.63) is 47.2 Å². The van der Waals surface area contributed by atoms with Crippen molar-refractivity contribution in [2.24, 2.45) is 0 Å². The molecular weight excluding hydrogens is 246 g/mol. The molecule has 1 aromatic carbocycles. The third-order valence-electron chi connectivity index (χ3n) is 3.18. The molecule has 1 aliphatic heterocycles. The van der Waals surface area contributed by atoms with E-state index in [4.69, 9.17) is 11.6 Å². The molecule has 4 heteroatoms. The largest absolute Gasteiger partial charge is 0.309 e. The fourth-order valence-corrected chi connectivity index (χ4v) is 2.46. The lowest BCUT2D eigenvalue weighted by atomic mass is 10.1. The van der Waals surface area contributed by atoms with Gasteiger partial charge in [0.2, 0.25) is 0 Å². The smallest absolute Gasteiger partial charge is 0.159 e. The molecule has 0 unspecified atom stereocenters. The Morgan fingerprint density at radius 1 is 1.28 bits per heavy atom. The fourth-order valence-electron chi connectivity index (χ4n) is 2.27. The van der Waals surface area contributed by atoms with Crippen LogP contribution in [0.4, 0.5) is 0 Å². The van der Waals surface area contributed by atoms with Crippen LogP contribution in [0.2, 0.25) is 5.02 Å². The van der Waals surface area contributed by atoms with Gasteiger partial charge in [-0.1, -0.05) is 23.7 Å². The van der Waals surface area contributed by atoms with Gasteiger partial charge >= 0.3 is 0 Å². The molecule has 2 heterocycles. The number of nitrogens with one attached hydrogen (secondary N) is 1. The fraction of sp³-hybridized carbons (Fsp3) is 0.286. The molecule has 0 saturated carbocycles. The molecule has 1 aromatic heterocycles. The molecule has 1 saturated heterocycles. The van der Waals surface area contributed by atoms with E-state index >= 15 is 0 Å². The summed E-state index contributed by atoms with van der Waals surface area (Å²) in [4.78, 5) is 8.96. The van der Waals surface area contributed by atoms with E-state index in [0.29, 0.717) is 11.1 Å². The van der Waals surface area contributed by atoms with Gasteiger partial charge < -0.3 is 5.32 Å². The number of hydrogen-bond acceptors (Lipinski definition) is 3.